The Balaban J connectivity index is 2.20. The van der Waals surface area contributed by atoms with E-state index in [0.29, 0.717) is 13.2 Å². The smallest absolute Gasteiger partial charge is 0.265 e. The SMILES string of the molecule is CCN(CC)CCNC(=O)/C=N/OCc1ccc(OC)cc1. The maximum atomic E-state index is 11.5. The lowest BCUT2D eigenvalue weighted by Gasteiger charge is -2.17. The molecule has 1 N–H and O–H groups in total. The van der Waals surface area contributed by atoms with Gasteiger partial charge in [0.25, 0.3) is 5.91 Å². The molecule has 122 valence electrons. The molecule has 0 atom stereocenters. The summed E-state index contributed by atoms with van der Waals surface area (Å²) in [5.41, 5.74) is 0.958. The third-order valence-electron chi connectivity index (χ3n) is 3.26. The molecular weight excluding hydrogens is 282 g/mol. The Hall–Kier alpha value is -2.08. The van der Waals surface area contributed by atoms with Gasteiger partial charge in [0, 0.05) is 13.1 Å². The van der Waals surface area contributed by atoms with Crippen molar-refractivity contribution in [1.82, 2.24) is 10.2 Å². The number of amides is 1. The molecule has 0 bridgehead atoms. The lowest BCUT2D eigenvalue weighted by molar-refractivity contribution is -0.114. The van der Waals surface area contributed by atoms with Crippen molar-refractivity contribution in [2.45, 2.75) is 20.5 Å². The Morgan fingerprint density at radius 1 is 1.27 bits per heavy atom. The number of hydrogen-bond donors (Lipinski definition) is 1. The molecule has 0 aromatic heterocycles. The molecule has 0 aliphatic carbocycles. The first-order chi connectivity index (χ1) is 10.7. The Kier molecular flexibility index (Phi) is 8.67. The molecule has 0 heterocycles. The molecule has 22 heavy (non-hydrogen) atoms. The molecule has 0 saturated heterocycles. The number of carbonyl (C=O) groups excluding carboxylic acids is 1. The number of oxime groups is 1. The monoisotopic (exact) mass is 307 g/mol. The summed E-state index contributed by atoms with van der Waals surface area (Å²) >= 11 is 0. The Morgan fingerprint density at radius 3 is 2.55 bits per heavy atom. The molecule has 6 nitrogen and oxygen atoms in total. The molecule has 0 aliphatic rings. The molecule has 0 spiro atoms. The Bertz CT molecular complexity index is 456. The summed E-state index contributed by atoms with van der Waals surface area (Å²) in [6.07, 6.45) is 1.16. The van der Waals surface area contributed by atoms with Crippen LogP contribution in [-0.4, -0.2) is 50.3 Å². The summed E-state index contributed by atoms with van der Waals surface area (Å²) in [6.45, 7) is 7.90. The van der Waals surface area contributed by atoms with Crippen molar-refractivity contribution in [3.05, 3.63) is 29.8 Å². The van der Waals surface area contributed by atoms with Crippen molar-refractivity contribution >= 4 is 12.1 Å². The fraction of sp³-hybridized carbons (Fsp3) is 0.500. The van der Waals surface area contributed by atoms with Crippen molar-refractivity contribution in [3.63, 3.8) is 0 Å². The standard InChI is InChI=1S/C16H25N3O3/c1-4-19(5-2)11-10-17-16(20)12-18-22-13-14-6-8-15(21-3)9-7-14/h6-9,12H,4-5,10-11,13H2,1-3H3,(H,17,20)/b18-12+. The van der Waals surface area contributed by atoms with Gasteiger partial charge in [0.2, 0.25) is 0 Å². The van der Waals surface area contributed by atoms with Gasteiger partial charge >= 0.3 is 0 Å². The van der Waals surface area contributed by atoms with E-state index in [9.17, 15) is 4.79 Å². The number of carbonyl (C=O) groups is 1. The van der Waals surface area contributed by atoms with E-state index < -0.39 is 0 Å². The van der Waals surface area contributed by atoms with Crippen LogP contribution in [-0.2, 0) is 16.2 Å². The highest BCUT2D eigenvalue weighted by Crippen LogP contribution is 2.11. The largest absolute Gasteiger partial charge is 0.497 e. The molecule has 6 heteroatoms. The maximum Gasteiger partial charge on any atom is 0.265 e. The third kappa shape index (κ3) is 7.08. The minimum atomic E-state index is -0.248. The molecule has 0 radical (unpaired) electrons. The van der Waals surface area contributed by atoms with Crippen LogP contribution >= 0.6 is 0 Å². The van der Waals surface area contributed by atoms with Gasteiger partial charge in [0.05, 0.1) is 7.11 Å². The molecule has 0 unspecified atom stereocenters. The topological polar surface area (TPSA) is 63.2 Å². The zero-order valence-electron chi connectivity index (χ0n) is 13.5. The van der Waals surface area contributed by atoms with Crippen molar-refractivity contribution in [1.29, 1.82) is 0 Å². The van der Waals surface area contributed by atoms with Crippen molar-refractivity contribution in [3.8, 4) is 5.75 Å². The van der Waals surface area contributed by atoms with E-state index in [1.165, 1.54) is 0 Å². The van der Waals surface area contributed by atoms with Gasteiger partial charge in [-0.15, -0.1) is 0 Å². The van der Waals surface area contributed by atoms with Crippen LogP contribution in [0.2, 0.25) is 0 Å². The van der Waals surface area contributed by atoms with E-state index in [1.807, 2.05) is 24.3 Å². The number of benzene rings is 1. The number of rotatable bonds is 10. The molecule has 0 aliphatic heterocycles. The molecule has 1 aromatic rings. The van der Waals surface area contributed by atoms with Gasteiger partial charge in [-0.2, -0.15) is 0 Å². The van der Waals surface area contributed by atoms with E-state index in [-0.39, 0.29) is 5.91 Å². The number of methoxy groups -OCH3 is 1. The van der Waals surface area contributed by atoms with Crippen LogP contribution in [0.3, 0.4) is 0 Å². The maximum absolute atomic E-state index is 11.5. The second kappa shape index (κ2) is 10.6. The molecule has 1 amide bonds. The van der Waals surface area contributed by atoms with Gasteiger partial charge in [-0.05, 0) is 30.8 Å². The highest BCUT2D eigenvalue weighted by molar-refractivity contribution is 6.26. The van der Waals surface area contributed by atoms with Gasteiger partial charge in [-0.25, -0.2) is 0 Å². The molecule has 0 fully saturated rings. The van der Waals surface area contributed by atoms with E-state index in [1.54, 1.807) is 7.11 Å². The molecule has 1 aromatic carbocycles. The summed E-state index contributed by atoms with van der Waals surface area (Å²) < 4.78 is 5.07. The Labute approximate surface area is 132 Å². The fourth-order valence-corrected chi connectivity index (χ4v) is 1.84. The predicted octanol–water partition coefficient (Wildman–Crippen LogP) is 1.66. The average Bonchev–Trinajstić information content (AvgIpc) is 2.56. The number of nitrogens with zero attached hydrogens (tertiary/aromatic N) is 2. The minimum Gasteiger partial charge on any atom is -0.497 e. The normalized spacial score (nSPS) is 10.9. The van der Waals surface area contributed by atoms with Crippen LogP contribution in [0.4, 0.5) is 0 Å². The predicted molar refractivity (Wildman–Crippen MR) is 87.1 cm³/mol. The minimum absolute atomic E-state index is 0.248. The van der Waals surface area contributed by atoms with Crippen LogP contribution in [0.1, 0.15) is 19.4 Å². The highest BCUT2D eigenvalue weighted by Gasteiger charge is 2.00. The first-order valence-electron chi connectivity index (χ1n) is 7.48. The Morgan fingerprint density at radius 2 is 1.95 bits per heavy atom. The van der Waals surface area contributed by atoms with Gasteiger partial charge in [-0.1, -0.05) is 31.1 Å². The summed E-state index contributed by atoms with van der Waals surface area (Å²) in [5, 5.41) is 6.43. The van der Waals surface area contributed by atoms with Crippen LogP contribution in [0.5, 0.6) is 5.75 Å². The van der Waals surface area contributed by atoms with Gasteiger partial charge < -0.3 is 19.8 Å². The zero-order chi connectivity index (χ0) is 16.2. The first-order valence-corrected chi connectivity index (χ1v) is 7.48. The van der Waals surface area contributed by atoms with Crippen LogP contribution < -0.4 is 10.1 Å². The van der Waals surface area contributed by atoms with E-state index in [0.717, 1.165) is 37.2 Å². The van der Waals surface area contributed by atoms with Crippen molar-refractivity contribution in [2.24, 2.45) is 5.16 Å². The highest BCUT2D eigenvalue weighted by atomic mass is 16.6. The van der Waals surface area contributed by atoms with Crippen LogP contribution in [0, 0.1) is 0 Å². The number of likely N-dealkylation sites (N-methyl/N-ethyl adjacent to an activating group) is 1. The zero-order valence-corrected chi connectivity index (χ0v) is 13.5. The average molecular weight is 307 g/mol. The molecular formula is C16H25N3O3. The number of ether oxygens (including phenoxy) is 1. The summed E-state index contributed by atoms with van der Waals surface area (Å²) in [4.78, 5) is 18.8. The second-order valence-corrected chi connectivity index (χ2v) is 4.67. The second-order valence-electron chi connectivity index (χ2n) is 4.67. The number of nitrogens with one attached hydrogen (secondary N) is 1. The fourth-order valence-electron chi connectivity index (χ4n) is 1.84. The van der Waals surface area contributed by atoms with E-state index in [4.69, 9.17) is 9.57 Å². The lowest BCUT2D eigenvalue weighted by atomic mass is 10.2. The van der Waals surface area contributed by atoms with E-state index >= 15 is 0 Å². The van der Waals surface area contributed by atoms with Crippen molar-refractivity contribution < 1.29 is 14.4 Å². The van der Waals surface area contributed by atoms with Gasteiger partial charge in [0.15, 0.2) is 0 Å². The molecule has 0 saturated carbocycles. The molecule has 1 rings (SSSR count). The van der Waals surface area contributed by atoms with Crippen LogP contribution in [0.15, 0.2) is 29.4 Å². The first kappa shape index (κ1) is 18.0. The third-order valence-corrected chi connectivity index (χ3v) is 3.26. The van der Waals surface area contributed by atoms with Gasteiger partial charge in [-0.3, -0.25) is 4.79 Å². The van der Waals surface area contributed by atoms with Gasteiger partial charge in [0.1, 0.15) is 18.6 Å². The summed E-state index contributed by atoms with van der Waals surface area (Å²) in [5.74, 6) is 0.543. The van der Waals surface area contributed by atoms with Crippen molar-refractivity contribution in [2.75, 3.05) is 33.3 Å². The van der Waals surface area contributed by atoms with E-state index in [2.05, 4.69) is 29.2 Å². The number of hydrogen-bond acceptors (Lipinski definition) is 5. The quantitative estimate of drug-likeness (QED) is 0.527. The van der Waals surface area contributed by atoms with Crippen LogP contribution in [0.25, 0.3) is 0 Å². The summed E-state index contributed by atoms with van der Waals surface area (Å²) in [7, 11) is 1.62. The summed E-state index contributed by atoms with van der Waals surface area (Å²) in [6, 6.07) is 7.47. The lowest BCUT2D eigenvalue weighted by Crippen LogP contribution is -2.35.